The molecule has 1 aliphatic rings. The van der Waals surface area contributed by atoms with Crippen molar-refractivity contribution in [2.75, 3.05) is 6.54 Å². The van der Waals surface area contributed by atoms with Gasteiger partial charge in [-0.05, 0) is 44.4 Å². The van der Waals surface area contributed by atoms with Crippen LogP contribution in [-0.4, -0.2) is 33.2 Å². The van der Waals surface area contributed by atoms with Crippen molar-refractivity contribution in [2.24, 2.45) is 0 Å². The van der Waals surface area contributed by atoms with Gasteiger partial charge in [0.05, 0.1) is 18.3 Å². The standard InChI is InChI=1S/C20H21ClN4O/c1-14-18(9-10-20(26)24(12-11-22)17-7-8-17)15(2)25(23-14)13-16-5-3-4-6-19(16)21/h3-6,9-10,17H,7-8,12-13H2,1-2H3/b10-9+. The highest BCUT2D eigenvalue weighted by Gasteiger charge is 2.31. The number of hydrogen-bond acceptors (Lipinski definition) is 3. The van der Waals surface area contributed by atoms with Crippen molar-refractivity contribution in [2.45, 2.75) is 39.3 Å². The largest absolute Gasteiger partial charge is 0.323 e. The zero-order valence-electron chi connectivity index (χ0n) is 14.9. The number of aromatic nitrogens is 2. The van der Waals surface area contributed by atoms with Crippen LogP contribution in [0.15, 0.2) is 30.3 Å². The molecule has 1 aromatic carbocycles. The van der Waals surface area contributed by atoms with Crippen LogP contribution in [0.4, 0.5) is 0 Å². The lowest BCUT2D eigenvalue weighted by Crippen LogP contribution is -2.31. The summed E-state index contributed by atoms with van der Waals surface area (Å²) in [6, 6.07) is 9.99. The highest BCUT2D eigenvalue weighted by Crippen LogP contribution is 2.27. The Hall–Kier alpha value is -2.58. The van der Waals surface area contributed by atoms with Gasteiger partial charge in [-0.1, -0.05) is 29.8 Å². The van der Waals surface area contributed by atoms with Gasteiger partial charge in [-0.3, -0.25) is 9.48 Å². The fraction of sp³-hybridized carbons (Fsp3) is 0.350. The van der Waals surface area contributed by atoms with Gasteiger partial charge < -0.3 is 4.90 Å². The van der Waals surface area contributed by atoms with E-state index in [0.29, 0.717) is 11.6 Å². The molecule has 1 fully saturated rings. The van der Waals surface area contributed by atoms with Gasteiger partial charge >= 0.3 is 0 Å². The predicted molar refractivity (Wildman–Crippen MR) is 102 cm³/mol. The minimum absolute atomic E-state index is 0.119. The Morgan fingerprint density at radius 1 is 1.42 bits per heavy atom. The summed E-state index contributed by atoms with van der Waals surface area (Å²) in [4.78, 5) is 14.0. The van der Waals surface area contributed by atoms with Gasteiger partial charge in [-0.2, -0.15) is 10.4 Å². The average molecular weight is 369 g/mol. The number of carbonyl (C=O) groups excluding carboxylic acids is 1. The summed E-state index contributed by atoms with van der Waals surface area (Å²) >= 11 is 6.24. The van der Waals surface area contributed by atoms with E-state index in [2.05, 4.69) is 11.2 Å². The number of aryl methyl sites for hydroxylation is 1. The molecule has 0 spiro atoms. The third-order valence-corrected chi connectivity index (χ3v) is 4.99. The van der Waals surface area contributed by atoms with Crippen molar-refractivity contribution in [1.82, 2.24) is 14.7 Å². The quantitative estimate of drug-likeness (QED) is 0.576. The van der Waals surface area contributed by atoms with Gasteiger partial charge in [0.1, 0.15) is 6.54 Å². The summed E-state index contributed by atoms with van der Waals surface area (Å²) in [5, 5.41) is 14.2. The molecular formula is C20H21ClN4O. The molecular weight excluding hydrogens is 348 g/mol. The first kappa shape index (κ1) is 18.2. The molecule has 1 aliphatic carbocycles. The van der Waals surface area contributed by atoms with E-state index in [-0.39, 0.29) is 18.5 Å². The maximum atomic E-state index is 12.4. The second-order valence-electron chi connectivity index (χ2n) is 6.52. The maximum absolute atomic E-state index is 12.4. The topological polar surface area (TPSA) is 61.9 Å². The summed E-state index contributed by atoms with van der Waals surface area (Å²) in [7, 11) is 0. The lowest BCUT2D eigenvalue weighted by atomic mass is 10.1. The SMILES string of the molecule is Cc1nn(Cc2ccccc2Cl)c(C)c1/C=C/C(=O)N(CC#N)C1CC1. The Morgan fingerprint density at radius 3 is 2.81 bits per heavy atom. The molecule has 0 radical (unpaired) electrons. The molecule has 0 unspecified atom stereocenters. The number of carbonyl (C=O) groups is 1. The number of rotatable bonds is 6. The van der Waals surface area contributed by atoms with Crippen LogP contribution in [0.3, 0.4) is 0 Å². The highest BCUT2D eigenvalue weighted by atomic mass is 35.5. The third-order valence-electron chi connectivity index (χ3n) is 4.62. The lowest BCUT2D eigenvalue weighted by Gasteiger charge is -2.16. The fourth-order valence-electron chi connectivity index (χ4n) is 2.99. The van der Waals surface area contributed by atoms with Crippen molar-refractivity contribution >= 4 is 23.6 Å². The van der Waals surface area contributed by atoms with E-state index in [1.165, 1.54) is 0 Å². The Balaban J connectivity index is 1.78. The molecule has 1 heterocycles. The van der Waals surface area contributed by atoms with Crippen LogP contribution in [0.1, 0.15) is 35.4 Å². The summed E-state index contributed by atoms with van der Waals surface area (Å²) in [5.41, 5.74) is 3.76. The van der Waals surface area contributed by atoms with Crippen LogP contribution in [0, 0.1) is 25.2 Å². The van der Waals surface area contributed by atoms with E-state index in [9.17, 15) is 4.79 Å². The Kier molecular flexibility index (Phi) is 5.43. The van der Waals surface area contributed by atoms with Gasteiger partial charge in [0.2, 0.25) is 5.91 Å². The number of hydrogen-bond donors (Lipinski definition) is 0. The molecule has 3 rings (SSSR count). The van der Waals surface area contributed by atoms with E-state index in [1.807, 2.05) is 42.8 Å². The number of nitriles is 1. The molecule has 1 saturated carbocycles. The first-order valence-electron chi connectivity index (χ1n) is 8.64. The highest BCUT2D eigenvalue weighted by molar-refractivity contribution is 6.31. The summed E-state index contributed by atoms with van der Waals surface area (Å²) in [5.74, 6) is -0.119. The van der Waals surface area contributed by atoms with Crippen LogP contribution in [0.25, 0.3) is 6.08 Å². The predicted octanol–water partition coefficient (Wildman–Crippen LogP) is 3.73. The molecule has 5 nitrogen and oxygen atoms in total. The maximum Gasteiger partial charge on any atom is 0.247 e. The van der Waals surface area contributed by atoms with Crippen molar-refractivity contribution in [3.8, 4) is 6.07 Å². The number of amides is 1. The Morgan fingerprint density at radius 2 is 2.15 bits per heavy atom. The lowest BCUT2D eigenvalue weighted by molar-refractivity contribution is -0.125. The van der Waals surface area contributed by atoms with Gasteiger partial charge in [0.15, 0.2) is 0 Å². The van der Waals surface area contributed by atoms with Crippen LogP contribution in [0.5, 0.6) is 0 Å². The zero-order valence-corrected chi connectivity index (χ0v) is 15.7. The van der Waals surface area contributed by atoms with E-state index < -0.39 is 0 Å². The van der Waals surface area contributed by atoms with Crippen molar-refractivity contribution in [1.29, 1.82) is 5.26 Å². The van der Waals surface area contributed by atoms with Crippen LogP contribution in [-0.2, 0) is 11.3 Å². The molecule has 1 aromatic heterocycles. The monoisotopic (exact) mass is 368 g/mol. The molecule has 26 heavy (non-hydrogen) atoms. The number of nitrogens with zero attached hydrogens (tertiary/aromatic N) is 4. The summed E-state index contributed by atoms with van der Waals surface area (Å²) in [6.45, 7) is 4.62. The van der Waals surface area contributed by atoms with Gasteiger partial charge in [-0.25, -0.2) is 0 Å². The van der Waals surface area contributed by atoms with E-state index in [1.54, 1.807) is 17.1 Å². The van der Waals surface area contributed by atoms with Gasteiger partial charge in [-0.15, -0.1) is 0 Å². The normalized spacial score (nSPS) is 13.8. The van der Waals surface area contributed by atoms with Gasteiger partial charge in [0, 0.05) is 28.4 Å². The fourth-order valence-corrected chi connectivity index (χ4v) is 3.19. The first-order chi connectivity index (χ1) is 12.5. The molecule has 0 saturated heterocycles. The molecule has 0 N–H and O–H groups in total. The van der Waals surface area contributed by atoms with Crippen LogP contribution in [0.2, 0.25) is 5.02 Å². The molecule has 1 amide bonds. The minimum atomic E-state index is -0.119. The first-order valence-corrected chi connectivity index (χ1v) is 9.02. The molecule has 134 valence electrons. The molecule has 2 aromatic rings. The molecule has 6 heteroatoms. The van der Waals surface area contributed by atoms with Crippen LogP contribution < -0.4 is 0 Å². The second-order valence-corrected chi connectivity index (χ2v) is 6.93. The Bertz CT molecular complexity index is 890. The smallest absolute Gasteiger partial charge is 0.247 e. The molecule has 0 aliphatic heterocycles. The van der Waals surface area contributed by atoms with Crippen molar-refractivity contribution < 1.29 is 4.79 Å². The molecule has 0 bridgehead atoms. The van der Waals surface area contributed by atoms with E-state index in [4.69, 9.17) is 16.9 Å². The van der Waals surface area contributed by atoms with E-state index >= 15 is 0 Å². The molecule has 0 atom stereocenters. The summed E-state index contributed by atoms with van der Waals surface area (Å²) in [6.07, 6.45) is 5.31. The minimum Gasteiger partial charge on any atom is -0.323 e. The second kappa shape index (κ2) is 7.76. The van der Waals surface area contributed by atoms with Gasteiger partial charge in [0.25, 0.3) is 0 Å². The average Bonchev–Trinajstić information content (AvgIpc) is 3.41. The third kappa shape index (κ3) is 3.97. The summed E-state index contributed by atoms with van der Waals surface area (Å²) < 4.78 is 1.90. The van der Waals surface area contributed by atoms with Crippen LogP contribution >= 0.6 is 11.6 Å². The van der Waals surface area contributed by atoms with Crippen molar-refractivity contribution in [3.05, 3.63) is 57.9 Å². The Labute approximate surface area is 158 Å². The van der Waals surface area contributed by atoms with E-state index in [0.717, 1.165) is 35.4 Å². The number of halogens is 1. The van der Waals surface area contributed by atoms with Crippen molar-refractivity contribution in [3.63, 3.8) is 0 Å². The zero-order chi connectivity index (χ0) is 18.7. The number of benzene rings is 1.